The second-order valence-electron chi connectivity index (χ2n) is 8.28. The fourth-order valence-corrected chi connectivity index (χ4v) is 4.31. The molecule has 2 aromatic heterocycles. The first-order valence-corrected chi connectivity index (χ1v) is 10.8. The molecule has 0 amide bonds. The van der Waals surface area contributed by atoms with Gasteiger partial charge in [0.2, 0.25) is 5.75 Å². The average molecular weight is 492 g/mol. The van der Waals surface area contributed by atoms with Crippen LogP contribution in [0.1, 0.15) is 24.6 Å². The Balaban J connectivity index is 1.58. The topological polar surface area (TPSA) is 187 Å². The van der Waals surface area contributed by atoms with Crippen LogP contribution < -0.4 is 19.9 Å². The van der Waals surface area contributed by atoms with Crippen molar-refractivity contribution in [3.05, 3.63) is 30.4 Å². The van der Waals surface area contributed by atoms with E-state index in [1.54, 1.807) is 19.1 Å². The number of aromatic nitrogens is 4. The van der Waals surface area contributed by atoms with Crippen molar-refractivity contribution >= 4 is 17.0 Å². The van der Waals surface area contributed by atoms with Crippen LogP contribution in [0.5, 0.6) is 17.2 Å². The van der Waals surface area contributed by atoms with E-state index in [9.17, 15) is 20.4 Å². The summed E-state index contributed by atoms with van der Waals surface area (Å²) >= 11 is 0. The summed E-state index contributed by atoms with van der Waals surface area (Å²) in [5.41, 5.74) is 6.99. The van der Waals surface area contributed by atoms with Crippen LogP contribution in [-0.4, -0.2) is 91.8 Å². The van der Waals surface area contributed by atoms with E-state index < -0.39 is 42.7 Å². The second-order valence-corrected chi connectivity index (χ2v) is 8.28. The van der Waals surface area contributed by atoms with Gasteiger partial charge in [-0.2, -0.15) is 0 Å². The van der Waals surface area contributed by atoms with Gasteiger partial charge in [-0.1, -0.05) is 6.92 Å². The number of aliphatic hydroxyl groups is 4. The molecular weight excluding hydrogens is 462 g/mol. The Morgan fingerprint density at radius 3 is 2.26 bits per heavy atom. The van der Waals surface area contributed by atoms with Crippen LogP contribution in [0.3, 0.4) is 0 Å². The van der Waals surface area contributed by atoms with E-state index in [2.05, 4.69) is 15.0 Å². The van der Waals surface area contributed by atoms with Gasteiger partial charge in [-0.15, -0.1) is 0 Å². The van der Waals surface area contributed by atoms with Gasteiger partial charge in [-0.05, 0) is 17.7 Å². The third kappa shape index (κ3) is 4.21. The quantitative estimate of drug-likeness (QED) is 0.274. The number of hydrogen-bond donors (Lipinski definition) is 5. The highest BCUT2D eigenvalue weighted by atomic mass is 16.6. The minimum absolute atomic E-state index is 0.146. The number of nitrogens with two attached hydrogens (primary N) is 1. The maximum atomic E-state index is 11.0. The van der Waals surface area contributed by atoms with Crippen LogP contribution in [0.25, 0.3) is 11.2 Å². The van der Waals surface area contributed by atoms with Gasteiger partial charge < -0.3 is 45.1 Å². The Hall–Kier alpha value is -3.23. The number of methoxy groups -OCH3 is 3. The van der Waals surface area contributed by atoms with E-state index in [4.69, 9.17) is 24.7 Å². The SMILES string of the molecule is COc1cc(C(C)C(O)C(O)[C@H]2O[C@@H](n3cnc4c(N)ncnc43)[C@H](O)[C@@H]2O)cc(OC)c1OC. The Kier molecular flexibility index (Phi) is 6.96. The zero-order chi connectivity index (χ0) is 25.4. The van der Waals surface area contributed by atoms with Crippen LogP contribution in [0.15, 0.2) is 24.8 Å². The molecule has 13 nitrogen and oxygen atoms in total. The molecule has 1 aromatic carbocycles. The molecule has 13 heteroatoms. The van der Waals surface area contributed by atoms with Gasteiger partial charge in [0, 0.05) is 5.92 Å². The molecule has 1 aliphatic heterocycles. The molecule has 3 heterocycles. The predicted molar refractivity (Wildman–Crippen MR) is 122 cm³/mol. The van der Waals surface area contributed by atoms with Crippen molar-refractivity contribution in [3.8, 4) is 17.2 Å². The van der Waals surface area contributed by atoms with E-state index in [1.165, 1.54) is 38.6 Å². The van der Waals surface area contributed by atoms with Crippen molar-refractivity contribution in [2.75, 3.05) is 27.1 Å². The average Bonchev–Trinajstić information content (AvgIpc) is 3.43. The van der Waals surface area contributed by atoms with Gasteiger partial charge >= 0.3 is 0 Å². The second kappa shape index (κ2) is 9.79. The summed E-state index contributed by atoms with van der Waals surface area (Å²) in [5.74, 6) is 0.659. The number of nitrogen functional groups attached to an aromatic ring is 1. The minimum Gasteiger partial charge on any atom is -0.493 e. The summed E-state index contributed by atoms with van der Waals surface area (Å²) in [7, 11) is 4.42. The molecular formula is C22H29N5O8. The number of rotatable bonds is 8. The highest BCUT2D eigenvalue weighted by Gasteiger charge is 2.49. The summed E-state index contributed by atoms with van der Waals surface area (Å²) in [6.45, 7) is 1.69. The molecule has 0 saturated carbocycles. The zero-order valence-corrected chi connectivity index (χ0v) is 19.6. The molecule has 0 radical (unpaired) electrons. The van der Waals surface area contributed by atoms with Crippen LogP contribution in [0.4, 0.5) is 5.82 Å². The third-order valence-corrected chi connectivity index (χ3v) is 6.35. The van der Waals surface area contributed by atoms with Crippen LogP contribution in [-0.2, 0) is 4.74 Å². The fourth-order valence-electron chi connectivity index (χ4n) is 4.31. The summed E-state index contributed by atoms with van der Waals surface area (Å²) in [5, 5.41) is 43.3. The van der Waals surface area contributed by atoms with E-state index in [-0.39, 0.29) is 11.5 Å². The first-order chi connectivity index (χ1) is 16.7. The molecule has 6 N–H and O–H groups in total. The van der Waals surface area contributed by atoms with Gasteiger partial charge in [0.25, 0.3) is 0 Å². The van der Waals surface area contributed by atoms with E-state index >= 15 is 0 Å². The van der Waals surface area contributed by atoms with Gasteiger partial charge in [0.15, 0.2) is 29.2 Å². The monoisotopic (exact) mass is 491 g/mol. The lowest BCUT2D eigenvalue weighted by Gasteiger charge is -2.30. The maximum absolute atomic E-state index is 11.0. The zero-order valence-electron chi connectivity index (χ0n) is 19.6. The molecule has 35 heavy (non-hydrogen) atoms. The molecule has 0 aliphatic carbocycles. The largest absolute Gasteiger partial charge is 0.493 e. The first kappa shape index (κ1) is 24.9. The maximum Gasteiger partial charge on any atom is 0.203 e. The number of benzene rings is 1. The van der Waals surface area contributed by atoms with E-state index in [1.807, 2.05) is 0 Å². The van der Waals surface area contributed by atoms with Crippen molar-refractivity contribution in [1.82, 2.24) is 19.5 Å². The lowest BCUT2D eigenvalue weighted by atomic mass is 9.88. The van der Waals surface area contributed by atoms with Crippen LogP contribution in [0.2, 0.25) is 0 Å². The van der Waals surface area contributed by atoms with Gasteiger partial charge in [0.05, 0.1) is 33.8 Å². The predicted octanol–water partition coefficient (Wildman–Crippen LogP) is -0.421. The van der Waals surface area contributed by atoms with Gasteiger partial charge in [-0.3, -0.25) is 4.57 Å². The number of fused-ring (bicyclic) bond motifs is 1. The normalized spacial score (nSPS) is 24.8. The molecule has 190 valence electrons. The molecule has 0 bridgehead atoms. The number of imidazole rings is 1. The van der Waals surface area contributed by atoms with E-state index in [0.717, 1.165) is 0 Å². The molecule has 4 rings (SSSR count). The molecule has 1 fully saturated rings. The molecule has 0 spiro atoms. The number of anilines is 1. The highest BCUT2D eigenvalue weighted by Crippen LogP contribution is 2.42. The number of hydrogen-bond acceptors (Lipinski definition) is 12. The third-order valence-electron chi connectivity index (χ3n) is 6.35. The molecule has 3 unspecified atom stereocenters. The Morgan fingerprint density at radius 2 is 1.66 bits per heavy atom. The summed E-state index contributed by atoms with van der Waals surface area (Å²) in [6.07, 6.45) is -5.75. The summed E-state index contributed by atoms with van der Waals surface area (Å²) in [4.78, 5) is 12.1. The smallest absolute Gasteiger partial charge is 0.203 e. The Bertz CT molecular complexity index is 1160. The Labute approximate surface area is 200 Å². The highest BCUT2D eigenvalue weighted by molar-refractivity contribution is 5.81. The van der Waals surface area contributed by atoms with Crippen molar-refractivity contribution in [2.45, 2.75) is 49.6 Å². The fraction of sp³-hybridized carbons (Fsp3) is 0.500. The Morgan fingerprint density at radius 1 is 1.00 bits per heavy atom. The number of nitrogens with zero attached hydrogens (tertiary/aromatic N) is 4. The summed E-state index contributed by atoms with van der Waals surface area (Å²) in [6, 6.07) is 3.32. The standard InChI is InChI=1S/C22H29N5O8/c1-9(10-5-11(32-2)18(34-4)12(6-10)33-3)14(28)15(29)19-16(30)17(31)22(35-19)27-8-26-13-20(23)24-7-25-21(13)27/h5-9,14-17,19,22,28-31H,1-4H3,(H2,23,24,25)/t9?,14?,15?,16-,17+,19+,22+/m0/s1. The van der Waals surface area contributed by atoms with Crippen molar-refractivity contribution < 1.29 is 39.4 Å². The number of aliphatic hydroxyl groups excluding tert-OH is 4. The molecule has 7 atom stereocenters. The first-order valence-electron chi connectivity index (χ1n) is 10.8. The number of ether oxygens (including phenoxy) is 4. The van der Waals surface area contributed by atoms with Crippen molar-refractivity contribution in [2.24, 2.45) is 0 Å². The van der Waals surface area contributed by atoms with Crippen LogP contribution in [0, 0.1) is 0 Å². The minimum atomic E-state index is -1.56. The van der Waals surface area contributed by atoms with Crippen molar-refractivity contribution in [1.29, 1.82) is 0 Å². The summed E-state index contributed by atoms with van der Waals surface area (Å²) < 4.78 is 23.3. The van der Waals surface area contributed by atoms with E-state index in [0.29, 0.717) is 28.3 Å². The lowest BCUT2D eigenvalue weighted by molar-refractivity contribution is -0.123. The van der Waals surface area contributed by atoms with Gasteiger partial charge in [0.1, 0.15) is 36.3 Å². The molecule has 1 saturated heterocycles. The molecule has 1 aliphatic rings. The molecule has 3 aromatic rings. The van der Waals surface area contributed by atoms with Crippen molar-refractivity contribution in [3.63, 3.8) is 0 Å². The van der Waals surface area contributed by atoms with Crippen LogP contribution >= 0.6 is 0 Å². The lowest BCUT2D eigenvalue weighted by Crippen LogP contribution is -2.46. The van der Waals surface area contributed by atoms with Gasteiger partial charge in [-0.25, -0.2) is 15.0 Å².